The first-order valence-corrected chi connectivity index (χ1v) is 11.1. The number of piperidine rings is 1. The summed E-state index contributed by atoms with van der Waals surface area (Å²) in [5.41, 5.74) is 2.70. The third-order valence-corrected chi connectivity index (χ3v) is 5.76. The first kappa shape index (κ1) is 18.6. The summed E-state index contributed by atoms with van der Waals surface area (Å²) in [6.07, 6.45) is 4.33. The molecule has 138 valence electrons. The molecule has 0 bridgehead atoms. The van der Waals surface area contributed by atoms with Crippen LogP contribution in [0, 0.1) is 5.92 Å². The lowest BCUT2D eigenvalue weighted by Gasteiger charge is -2.32. The fraction of sp³-hybridized carbons (Fsp3) is 0.381. The van der Waals surface area contributed by atoms with Gasteiger partial charge in [0.1, 0.15) is 0 Å². The number of sulfone groups is 1. The molecule has 1 saturated heterocycles. The summed E-state index contributed by atoms with van der Waals surface area (Å²) in [5.74, 6) is 0.666. The summed E-state index contributed by atoms with van der Waals surface area (Å²) in [5, 5.41) is 0. The zero-order valence-corrected chi connectivity index (χ0v) is 15.9. The predicted molar refractivity (Wildman–Crippen MR) is 104 cm³/mol. The third kappa shape index (κ3) is 5.18. The van der Waals surface area contributed by atoms with Gasteiger partial charge in [0.2, 0.25) is 0 Å². The number of hydrogen-bond acceptors (Lipinski definition) is 3. The molecule has 0 N–H and O–H groups in total. The quantitative estimate of drug-likeness (QED) is 0.810. The summed E-state index contributed by atoms with van der Waals surface area (Å²) >= 11 is 0. The van der Waals surface area contributed by atoms with Crippen molar-refractivity contribution in [1.82, 2.24) is 4.90 Å². The fourth-order valence-electron chi connectivity index (χ4n) is 3.52. The smallest absolute Gasteiger partial charge is 0.253 e. The first-order chi connectivity index (χ1) is 12.4. The van der Waals surface area contributed by atoms with E-state index in [1.165, 1.54) is 11.8 Å². The van der Waals surface area contributed by atoms with E-state index in [-0.39, 0.29) is 11.7 Å². The molecule has 5 heteroatoms. The van der Waals surface area contributed by atoms with Crippen LogP contribution >= 0.6 is 0 Å². The van der Waals surface area contributed by atoms with Crippen LogP contribution in [0.5, 0.6) is 0 Å². The highest BCUT2D eigenvalue weighted by Gasteiger charge is 2.23. The van der Waals surface area contributed by atoms with Crippen LogP contribution in [-0.2, 0) is 22.0 Å². The van der Waals surface area contributed by atoms with E-state index in [0.29, 0.717) is 17.0 Å². The topological polar surface area (TPSA) is 54.5 Å². The Kier molecular flexibility index (Phi) is 5.77. The third-order valence-electron chi connectivity index (χ3n) is 4.90. The number of hydrogen-bond donors (Lipinski definition) is 0. The summed E-state index contributed by atoms with van der Waals surface area (Å²) < 4.78 is 22.7. The molecule has 0 aliphatic carbocycles. The van der Waals surface area contributed by atoms with E-state index >= 15 is 0 Å². The number of benzene rings is 2. The zero-order valence-electron chi connectivity index (χ0n) is 15.1. The lowest BCUT2D eigenvalue weighted by molar-refractivity contribution is 0.0690. The van der Waals surface area contributed by atoms with E-state index in [1.807, 2.05) is 11.0 Å². The molecule has 1 aliphatic rings. The maximum Gasteiger partial charge on any atom is 0.253 e. The van der Waals surface area contributed by atoms with Crippen LogP contribution < -0.4 is 0 Å². The second-order valence-electron chi connectivity index (χ2n) is 7.19. The van der Waals surface area contributed by atoms with Gasteiger partial charge in [0.25, 0.3) is 5.91 Å². The molecular weight excluding hydrogens is 346 g/mol. The molecule has 26 heavy (non-hydrogen) atoms. The van der Waals surface area contributed by atoms with E-state index in [1.54, 1.807) is 24.3 Å². The monoisotopic (exact) mass is 371 g/mol. The lowest BCUT2D eigenvalue weighted by atomic mass is 9.90. The Hall–Kier alpha value is -2.14. The minimum absolute atomic E-state index is 0.00630. The second-order valence-corrected chi connectivity index (χ2v) is 9.33. The summed E-state index contributed by atoms with van der Waals surface area (Å²) in [6, 6.07) is 17.4. The number of nitrogens with zero attached hydrogens (tertiary/aromatic N) is 1. The van der Waals surface area contributed by atoms with Gasteiger partial charge in [-0.25, -0.2) is 8.42 Å². The normalized spacial score (nSPS) is 15.8. The van der Waals surface area contributed by atoms with Gasteiger partial charge in [-0.15, -0.1) is 0 Å². The van der Waals surface area contributed by atoms with Crippen molar-refractivity contribution in [1.29, 1.82) is 0 Å². The first-order valence-electron chi connectivity index (χ1n) is 9.00. The van der Waals surface area contributed by atoms with Crippen molar-refractivity contribution in [3.8, 4) is 0 Å². The second kappa shape index (κ2) is 8.04. The van der Waals surface area contributed by atoms with Gasteiger partial charge in [-0.2, -0.15) is 0 Å². The van der Waals surface area contributed by atoms with Crippen molar-refractivity contribution >= 4 is 15.7 Å². The molecule has 3 rings (SSSR count). The van der Waals surface area contributed by atoms with E-state index in [9.17, 15) is 13.2 Å². The molecule has 2 aromatic rings. The van der Waals surface area contributed by atoms with Gasteiger partial charge in [-0.1, -0.05) is 42.5 Å². The fourth-order valence-corrected chi connectivity index (χ4v) is 4.31. The highest BCUT2D eigenvalue weighted by atomic mass is 32.2. The van der Waals surface area contributed by atoms with Gasteiger partial charge in [-0.05, 0) is 48.4 Å². The van der Waals surface area contributed by atoms with Crippen molar-refractivity contribution in [2.75, 3.05) is 19.3 Å². The van der Waals surface area contributed by atoms with E-state index in [4.69, 9.17) is 0 Å². The Labute approximate surface area is 155 Å². The Morgan fingerprint density at radius 1 is 0.962 bits per heavy atom. The number of amides is 1. The Morgan fingerprint density at radius 2 is 1.58 bits per heavy atom. The highest BCUT2D eigenvalue weighted by molar-refractivity contribution is 7.89. The molecular formula is C21H25NO3S. The molecule has 0 aromatic heterocycles. The summed E-state index contributed by atoms with van der Waals surface area (Å²) in [6.45, 7) is 1.56. The molecule has 1 heterocycles. The molecule has 1 aliphatic heterocycles. The number of carbonyl (C=O) groups excluding carboxylic acids is 1. The average molecular weight is 372 g/mol. The Balaban J connectivity index is 1.55. The van der Waals surface area contributed by atoms with Crippen LogP contribution in [0.25, 0.3) is 0 Å². The minimum Gasteiger partial charge on any atom is -0.339 e. The SMILES string of the molecule is CS(=O)(=O)Cc1ccc(C(=O)N2CCC(Cc3ccccc3)CC2)cc1. The van der Waals surface area contributed by atoms with Crippen LogP contribution in [0.1, 0.15) is 34.3 Å². The standard InChI is InChI=1S/C21H25NO3S/c1-26(24,25)16-19-7-9-20(10-8-19)21(23)22-13-11-18(12-14-22)15-17-5-3-2-4-6-17/h2-10,18H,11-16H2,1H3. The van der Waals surface area contributed by atoms with Crippen LogP contribution in [0.15, 0.2) is 54.6 Å². The van der Waals surface area contributed by atoms with Crippen molar-refractivity contribution in [3.05, 3.63) is 71.3 Å². The number of likely N-dealkylation sites (tertiary alicyclic amines) is 1. The molecule has 1 fully saturated rings. The minimum atomic E-state index is -3.06. The molecule has 1 amide bonds. The molecule has 0 atom stereocenters. The molecule has 0 saturated carbocycles. The van der Waals surface area contributed by atoms with Crippen LogP contribution in [0.3, 0.4) is 0 Å². The van der Waals surface area contributed by atoms with E-state index in [2.05, 4.69) is 24.3 Å². The van der Waals surface area contributed by atoms with Gasteiger partial charge >= 0.3 is 0 Å². The predicted octanol–water partition coefficient (Wildman–Crippen LogP) is 3.33. The van der Waals surface area contributed by atoms with Crippen molar-refractivity contribution in [2.24, 2.45) is 5.92 Å². The summed E-state index contributed by atoms with van der Waals surface area (Å²) in [4.78, 5) is 14.6. The maximum atomic E-state index is 12.7. The molecule has 2 aromatic carbocycles. The Bertz CT molecular complexity index is 837. The lowest BCUT2D eigenvalue weighted by Crippen LogP contribution is -2.38. The molecule has 0 unspecified atom stereocenters. The molecule has 0 spiro atoms. The molecule has 0 radical (unpaired) electrons. The van der Waals surface area contributed by atoms with Gasteiger partial charge < -0.3 is 4.90 Å². The number of rotatable bonds is 5. The van der Waals surface area contributed by atoms with Gasteiger partial charge in [0, 0.05) is 24.9 Å². The van der Waals surface area contributed by atoms with Crippen molar-refractivity contribution < 1.29 is 13.2 Å². The van der Waals surface area contributed by atoms with Crippen LogP contribution in [-0.4, -0.2) is 38.6 Å². The van der Waals surface area contributed by atoms with Gasteiger partial charge in [0.05, 0.1) is 5.75 Å². The maximum absolute atomic E-state index is 12.7. The van der Waals surface area contributed by atoms with E-state index in [0.717, 1.165) is 32.4 Å². The Morgan fingerprint density at radius 3 is 2.15 bits per heavy atom. The summed E-state index contributed by atoms with van der Waals surface area (Å²) in [7, 11) is -3.06. The van der Waals surface area contributed by atoms with Crippen LogP contribution in [0.2, 0.25) is 0 Å². The largest absolute Gasteiger partial charge is 0.339 e. The van der Waals surface area contributed by atoms with Crippen LogP contribution in [0.4, 0.5) is 0 Å². The zero-order chi connectivity index (χ0) is 18.6. The molecule has 4 nitrogen and oxygen atoms in total. The average Bonchev–Trinajstić information content (AvgIpc) is 2.62. The van der Waals surface area contributed by atoms with Gasteiger partial charge in [-0.3, -0.25) is 4.79 Å². The highest BCUT2D eigenvalue weighted by Crippen LogP contribution is 2.23. The van der Waals surface area contributed by atoms with Crippen molar-refractivity contribution in [3.63, 3.8) is 0 Å². The number of carbonyl (C=O) groups is 1. The van der Waals surface area contributed by atoms with Crippen molar-refractivity contribution in [2.45, 2.75) is 25.0 Å². The van der Waals surface area contributed by atoms with E-state index < -0.39 is 9.84 Å². The van der Waals surface area contributed by atoms with Gasteiger partial charge in [0.15, 0.2) is 9.84 Å².